The third-order valence-electron chi connectivity index (χ3n) is 9.87. The monoisotopic (exact) mass is 614 g/mol. The average molecular weight is 615 g/mol. The first-order chi connectivity index (χ1) is 21.6. The van der Waals surface area contributed by atoms with Crippen molar-refractivity contribution in [3.05, 3.63) is 76.6 Å². The van der Waals surface area contributed by atoms with E-state index in [4.69, 9.17) is 14.5 Å². The van der Waals surface area contributed by atoms with Crippen molar-refractivity contribution in [3.8, 4) is 17.1 Å². The van der Waals surface area contributed by atoms with Gasteiger partial charge in [0.05, 0.1) is 18.3 Å². The van der Waals surface area contributed by atoms with Crippen molar-refractivity contribution in [1.82, 2.24) is 19.8 Å². The van der Waals surface area contributed by atoms with Gasteiger partial charge < -0.3 is 19.3 Å². The number of benzene rings is 2. The Morgan fingerprint density at radius 1 is 1.02 bits per heavy atom. The molecule has 1 atom stereocenters. The first-order valence-electron chi connectivity index (χ1n) is 16.7. The predicted molar refractivity (Wildman–Crippen MR) is 183 cm³/mol. The van der Waals surface area contributed by atoms with Crippen LogP contribution in [0, 0.1) is 39.0 Å². The van der Waals surface area contributed by atoms with Crippen LogP contribution < -0.4 is 4.74 Å². The molecule has 7 nitrogen and oxygen atoms in total. The number of carbonyl (C=O) groups is 1. The van der Waals surface area contributed by atoms with Gasteiger partial charge in [-0.05, 0) is 107 Å². The second-order valence-electron chi connectivity index (χ2n) is 14.0. The highest BCUT2D eigenvalue weighted by molar-refractivity contribution is 5.95. The number of likely N-dealkylation sites (tertiary alicyclic amines) is 1. The lowest BCUT2D eigenvalue weighted by Gasteiger charge is -2.56. The zero-order valence-electron chi connectivity index (χ0n) is 28.4. The maximum atomic E-state index is 14.4. The van der Waals surface area contributed by atoms with E-state index >= 15 is 0 Å². The van der Waals surface area contributed by atoms with Crippen LogP contribution in [0.15, 0.2) is 48.5 Å². The lowest BCUT2D eigenvalue weighted by molar-refractivity contribution is -0.0544. The van der Waals surface area contributed by atoms with Crippen molar-refractivity contribution in [2.24, 2.45) is 11.3 Å². The number of hydrogen-bond donors (Lipinski definition) is 0. The van der Waals surface area contributed by atoms with Gasteiger partial charge in [0.15, 0.2) is 0 Å². The Morgan fingerprint density at radius 2 is 1.71 bits per heavy atom. The number of amides is 1. The lowest BCUT2D eigenvalue weighted by atomic mass is 9.59. The quantitative estimate of drug-likeness (QED) is 0.211. The molecule has 2 heterocycles. The molecule has 7 heteroatoms. The highest BCUT2D eigenvalue weighted by Crippen LogP contribution is 2.51. The molecule has 1 aliphatic heterocycles. The number of nitrogens with zero attached hydrogens (tertiary/aromatic N) is 4. The molecule has 1 saturated carbocycles. The molecule has 0 N–H and O–H groups in total. The van der Waals surface area contributed by atoms with Crippen molar-refractivity contribution in [3.63, 3.8) is 0 Å². The van der Waals surface area contributed by atoms with E-state index in [1.807, 2.05) is 31.2 Å². The molecule has 0 radical (unpaired) electrons. The summed E-state index contributed by atoms with van der Waals surface area (Å²) in [4.78, 5) is 28.5. The minimum Gasteiger partial charge on any atom is -0.475 e. The smallest absolute Gasteiger partial charge is 0.254 e. The van der Waals surface area contributed by atoms with E-state index in [1.165, 1.54) is 24.0 Å². The van der Waals surface area contributed by atoms with Crippen molar-refractivity contribution in [2.45, 2.75) is 85.7 Å². The van der Waals surface area contributed by atoms with Gasteiger partial charge in [-0.3, -0.25) is 4.79 Å². The molecule has 244 valence electrons. The normalized spacial score (nSPS) is 17.3. The summed E-state index contributed by atoms with van der Waals surface area (Å²) in [5.74, 6) is 1.75. The maximum Gasteiger partial charge on any atom is 0.254 e. The van der Waals surface area contributed by atoms with Crippen LogP contribution in [0.3, 0.4) is 0 Å². The molecule has 3 aromatic rings. The zero-order valence-corrected chi connectivity index (χ0v) is 28.4. The number of hydrogen-bond acceptors (Lipinski definition) is 6. The van der Waals surface area contributed by atoms with Crippen molar-refractivity contribution >= 4 is 5.91 Å². The molecule has 0 unspecified atom stereocenters. The second kappa shape index (κ2) is 14.4. The minimum atomic E-state index is -0.0685. The summed E-state index contributed by atoms with van der Waals surface area (Å²) < 4.78 is 11.8. The number of rotatable bonds is 12. The molecule has 1 aromatic heterocycles. The number of piperidine rings is 1. The van der Waals surface area contributed by atoms with Crippen molar-refractivity contribution < 1.29 is 15.7 Å². The number of carbonyl (C=O) groups excluding carboxylic acids is 1. The van der Waals surface area contributed by atoms with Crippen LogP contribution in [0.5, 0.6) is 5.88 Å². The molecular formula is C38H54N4O3. The first kappa shape index (κ1) is 33.1. The van der Waals surface area contributed by atoms with Crippen LogP contribution >= 0.6 is 0 Å². The Labute approximate surface area is 271 Å². The van der Waals surface area contributed by atoms with E-state index in [1.54, 1.807) is 7.11 Å². The van der Waals surface area contributed by atoms with Gasteiger partial charge in [-0.15, -0.1) is 0 Å². The fraction of sp³-hybridized carbons (Fsp3) is 0.553. The molecule has 1 amide bonds. The van der Waals surface area contributed by atoms with Gasteiger partial charge in [-0.25, -0.2) is 4.98 Å². The van der Waals surface area contributed by atoms with Crippen molar-refractivity contribution in [1.29, 1.82) is 0 Å². The summed E-state index contributed by atoms with van der Waals surface area (Å²) in [6.07, 6.45) is 5.35. The summed E-state index contributed by atoms with van der Waals surface area (Å²) in [5, 5.41) is 0. The third kappa shape index (κ3) is 7.93. The molecule has 1 aliphatic carbocycles. The Bertz CT molecular complexity index is 1440. The van der Waals surface area contributed by atoms with Gasteiger partial charge in [-0.2, -0.15) is 4.98 Å². The third-order valence-corrected chi connectivity index (χ3v) is 9.87. The second-order valence-corrected chi connectivity index (χ2v) is 14.0. The van der Waals surface area contributed by atoms with E-state index in [0.29, 0.717) is 29.6 Å². The van der Waals surface area contributed by atoms with E-state index < -0.39 is 0 Å². The van der Waals surface area contributed by atoms with Crippen LogP contribution in [0.25, 0.3) is 11.3 Å². The van der Waals surface area contributed by atoms with Gasteiger partial charge in [0.1, 0.15) is 12.4 Å². The Balaban J connectivity index is 0.00000480. The molecule has 1 spiro atoms. The standard InChI is InChI=1S/C38H52N4O3.H2/c1-26(2)20-32(25-45-35-22-34(39-30(6)40-35)36-28(4)11-9-12-29(36)5)42(37(43)31-13-8-10-27(3)21-31)33-23-38(24-33)14-16-41(17-15-38)18-19-44-7;/h8-13,21-22,26,32-33H,14-20,23-25H2,1-7H3;1H/t32-;/m1./s1. The highest BCUT2D eigenvalue weighted by Gasteiger charge is 2.50. The summed E-state index contributed by atoms with van der Waals surface area (Å²) in [6, 6.07) is 16.4. The summed E-state index contributed by atoms with van der Waals surface area (Å²) in [5.41, 5.74) is 6.53. The van der Waals surface area contributed by atoms with E-state index in [-0.39, 0.29) is 19.4 Å². The van der Waals surface area contributed by atoms with Crippen LogP contribution in [0.2, 0.25) is 0 Å². The minimum absolute atomic E-state index is 0. The summed E-state index contributed by atoms with van der Waals surface area (Å²) in [6.45, 7) is 17.0. The molecule has 2 aliphatic rings. The lowest BCUT2D eigenvalue weighted by Crippen LogP contribution is -2.60. The maximum absolute atomic E-state index is 14.4. The predicted octanol–water partition coefficient (Wildman–Crippen LogP) is 7.45. The molecular weight excluding hydrogens is 560 g/mol. The van der Waals surface area contributed by atoms with E-state index in [2.05, 4.69) is 73.7 Å². The van der Waals surface area contributed by atoms with Crippen LogP contribution in [-0.4, -0.2) is 77.7 Å². The molecule has 1 saturated heterocycles. The highest BCUT2D eigenvalue weighted by atomic mass is 16.5. The van der Waals surface area contributed by atoms with Gasteiger partial charge >= 0.3 is 0 Å². The van der Waals surface area contributed by atoms with Crippen molar-refractivity contribution in [2.75, 3.05) is 40.0 Å². The first-order valence-corrected chi connectivity index (χ1v) is 16.7. The number of aromatic nitrogens is 2. The van der Waals surface area contributed by atoms with Gasteiger partial charge in [0, 0.05) is 38.3 Å². The molecule has 0 bridgehead atoms. The average Bonchev–Trinajstić information content (AvgIpc) is 2.98. The van der Waals surface area contributed by atoms with Gasteiger partial charge in [-0.1, -0.05) is 49.7 Å². The number of methoxy groups -OCH3 is 1. The molecule has 2 fully saturated rings. The summed E-state index contributed by atoms with van der Waals surface area (Å²) in [7, 11) is 1.77. The van der Waals surface area contributed by atoms with E-state index in [9.17, 15) is 4.79 Å². The fourth-order valence-corrected chi connectivity index (χ4v) is 7.52. The van der Waals surface area contributed by atoms with Gasteiger partial charge in [0.2, 0.25) is 5.88 Å². The van der Waals surface area contributed by atoms with E-state index in [0.717, 1.165) is 67.9 Å². The Morgan fingerprint density at radius 3 is 2.36 bits per heavy atom. The van der Waals surface area contributed by atoms with Gasteiger partial charge in [0.25, 0.3) is 5.91 Å². The SMILES string of the molecule is COCCN1CCC2(CC1)CC(N(C(=O)c1cccc(C)c1)[C@@H](COc1cc(-c3c(C)cccc3C)nc(C)n1)CC(C)C)C2.[HH]. The van der Waals surface area contributed by atoms with Crippen LogP contribution in [0.1, 0.15) is 80.3 Å². The van der Waals surface area contributed by atoms with Crippen LogP contribution in [0.4, 0.5) is 0 Å². The molecule has 5 rings (SSSR count). The molecule has 2 aromatic carbocycles. The zero-order chi connectivity index (χ0) is 32.1. The number of ether oxygens (including phenoxy) is 2. The topological polar surface area (TPSA) is 67.8 Å². The molecule has 45 heavy (non-hydrogen) atoms. The number of aryl methyl sites for hydroxylation is 4. The Kier molecular flexibility index (Phi) is 10.6. The largest absolute Gasteiger partial charge is 0.475 e. The van der Waals surface area contributed by atoms with Crippen LogP contribution in [-0.2, 0) is 4.74 Å². The fourth-order valence-electron chi connectivity index (χ4n) is 7.52. The Hall–Kier alpha value is -3.29. The summed E-state index contributed by atoms with van der Waals surface area (Å²) >= 11 is 0.